The molecule has 0 fully saturated rings. The van der Waals surface area contributed by atoms with E-state index in [-0.39, 0.29) is 0 Å². The van der Waals surface area contributed by atoms with Crippen molar-refractivity contribution >= 4 is 23.2 Å². The zero-order valence-corrected chi connectivity index (χ0v) is 10.5. The average molecular weight is 251 g/mol. The van der Waals surface area contributed by atoms with E-state index in [1.807, 2.05) is 24.3 Å². The summed E-state index contributed by atoms with van der Waals surface area (Å²) in [6.45, 7) is 2.10. The Labute approximate surface area is 106 Å². The number of rotatable bonds is 2. The molecule has 0 heterocycles. The molecule has 2 aromatic rings. The fraction of sp³-hybridized carbons (Fsp3) is 0.143. The summed E-state index contributed by atoms with van der Waals surface area (Å²) in [6.07, 6.45) is 0. The normalized spacial score (nSPS) is 10.4. The Bertz CT molecular complexity index is 487. The van der Waals surface area contributed by atoms with E-state index in [2.05, 4.69) is 25.1 Å². The van der Waals surface area contributed by atoms with Gasteiger partial charge in [0.05, 0.1) is 0 Å². The Morgan fingerprint density at radius 1 is 1.00 bits per heavy atom. The molecule has 0 aliphatic rings. The highest BCUT2D eigenvalue weighted by Gasteiger charge is 2.03. The summed E-state index contributed by atoms with van der Waals surface area (Å²) in [4.78, 5) is 0. The van der Waals surface area contributed by atoms with E-state index in [4.69, 9.17) is 23.2 Å². The van der Waals surface area contributed by atoms with Crippen LogP contribution >= 0.6 is 23.2 Å². The van der Waals surface area contributed by atoms with Crippen LogP contribution in [0.4, 0.5) is 0 Å². The number of aryl methyl sites for hydroxylation is 1. The van der Waals surface area contributed by atoms with Gasteiger partial charge in [0.2, 0.25) is 0 Å². The van der Waals surface area contributed by atoms with Gasteiger partial charge in [0.25, 0.3) is 0 Å². The van der Waals surface area contributed by atoms with Gasteiger partial charge >= 0.3 is 0 Å². The van der Waals surface area contributed by atoms with E-state index in [0.717, 1.165) is 10.6 Å². The summed E-state index contributed by atoms with van der Waals surface area (Å²) in [6, 6.07) is 14.2. The fourth-order valence-electron chi connectivity index (χ4n) is 1.69. The summed E-state index contributed by atoms with van der Waals surface area (Å²) in [5.41, 5.74) is 4.78. The first-order valence-electron chi connectivity index (χ1n) is 5.12. The maximum atomic E-state index is 5.88. The topological polar surface area (TPSA) is 0 Å². The van der Waals surface area contributed by atoms with Crippen molar-refractivity contribution in [1.29, 1.82) is 0 Å². The van der Waals surface area contributed by atoms with E-state index < -0.39 is 0 Å². The molecule has 0 spiro atoms. The Morgan fingerprint density at radius 3 is 2.31 bits per heavy atom. The lowest BCUT2D eigenvalue weighted by atomic mass is 9.99. The summed E-state index contributed by atoms with van der Waals surface area (Å²) < 4.78 is 0. The van der Waals surface area contributed by atoms with E-state index in [9.17, 15) is 0 Å². The first-order valence-corrected chi connectivity index (χ1v) is 6.03. The molecule has 0 aliphatic carbocycles. The molecule has 0 saturated carbocycles. The van der Waals surface area contributed by atoms with Crippen molar-refractivity contribution in [1.82, 2.24) is 0 Å². The van der Waals surface area contributed by atoms with Gasteiger partial charge in [0.15, 0.2) is 0 Å². The van der Waals surface area contributed by atoms with E-state index >= 15 is 0 Å². The first-order chi connectivity index (χ1) is 7.70. The second kappa shape index (κ2) is 4.90. The van der Waals surface area contributed by atoms with Crippen LogP contribution in [0.25, 0.3) is 11.1 Å². The molecule has 0 amide bonds. The Balaban J connectivity index is 2.50. The number of alkyl halides is 1. The van der Waals surface area contributed by atoms with Gasteiger partial charge < -0.3 is 0 Å². The lowest BCUT2D eigenvalue weighted by molar-refractivity contribution is 1.36. The molecule has 0 radical (unpaired) electrons. The SMILES string of the molecule is Cc1ccc(CCl)cc1-c1ccc(Cl)cc1. The van der Waals surface area contributed by atoms with Gasteiger partial charge in [-0.3, -0.25) is 0 Å². The maximum Gasteiger partial charge on any atom is 0.0474 e. The van der Waals surface area contributed by atoms with Crippen molar-refractivity contribution in [2.45, 2.75) is 12.8 Å². The standard InChI is InChI=1S/C14H12Cl2/c1-10-2-3-11(9-15)8-14(10)12-4-6-13(16)7-5-12/h2-8H,9H2,1H3. The molecule has 2 rings (SSSR count). The maximum absolute atomic E-state index is 5.88. The molecular weight excluding hydrogens is 239 g/mol. The lowest BCUT2D eigenvalue weighted by Crippen LogP contribution is -1.86. The Kier molecular flexibility index (Phi) is 3.52. The predicted octanol–water partition coefficient (Wildman–Crippen LogP) is 5.05. The largest absolute Gasteiger partial charge is 0.122 e. The third-order valence-corrected chi connectivity index (χ3v) is 3.17. The van der Waals surface area contributed by atoms with Gasteiger partial charge in [-0.25, -0.2) is 0 Å². The summed E-state index contributed by atoms with van der Waals surface area (Å²) in [7, 11) is 0. The van der Waals surface area contributed by atoms with Crippen LogP contribution in [-0.2, 0) is 5.88 Å². The van der Waals surface area contributed by atoms with Crippen LogP contribution < -0.4 is 0 Å². The summed E-state index contributed by atoms with van der Waals surface area (Å²) in [5.74, 6) is 0.543. The van der Waals surface area contributed by atoms with Crippen LogP contribution in [0.1, 0.15) is 11.1 Å². The quantitative estimate of drug-likeness (QED) is 0.655. The predicted molar refractivity (Wildman–Crippen MR) is 71.2 cm³/mol. The van der Waals surface area contributed by atoms with Crippen LogP contribution in [0.2, 0.25) is 5.02 Å². The Morgan fingerprint density at radius 2 is 1.69 bits per heavy atom. The van der Waals surface area contributed by atoms with Crippen LogP contribution in [-0.4, -0.2) is 0 Å². The molecule has 2 heteroatoms. The Hall–Kier alpha value is -0.980. The molecule has 16 heavy (non-hydrogen) atoms. The molecule has 0 aromatic heterocycles. The molecule has 0 nitrogen and oxygen atoms in total. The van der Waals surface area contributed by atoms with Gasteiger partial charge in [0.1, 0.15) is 0 Å². The number of hydrogen-bond acceptors (Lipinski definition) is 0. The number of hydrogen-bond donors (Lipinski definition) is 0. The van der Waals surface area contributed by atoms with Crippen molar-refractivity contribution in [2.75, 3.05) is 0 Å². The van der Waals surface area contributed by atoms with Crippen molar-refractivity contribution in [3.63, 3.8) is 0 Å². The smallest absolute Gasteiger partial charge is 0.0474 e. The highest BCUT2D eigenvalue weighted by Crippen LogP contribution is 2.26. The van der Waals surface area contributed by atoms with Crippen molar-refractivity contribution in [3.8, 4) is 11.1 Å². The highest BCUT2D eigenvalue weighted by molar-refractivity contribution is 6.30. The minimum Gasteiger partial charge on any atom is -0.122 e. The zero-order chi connectivity index (χ0) is 11.5. The minimum atomic E-state index is 0.543. The van der Waals surface area contributed by atoms with Gasteiger partial charge in [-0.15, -0.1) is 11.6 Å². The molecular formula is C14H12Cl2. The molecule has 0 saturated heterocycles. The molecule has 0 N–H and O–H groups in total. The van der Waals surface area contributed by atoms with Crippen LogP contribution in [0.15, 0.2) is 42.5 Å². The van der Waals surface area contributed by atoms with Crippen LogP contribution in [0.3, 0.4) is 0 Å². The van der Waals surface area contributed by atoms with Gasteiger partial charge in [-0.05, 0) is 47.4 Å². The number of halogens is 2. The monoisotopic (exact) mass is 250 g/mol. The molecule has 0 bridgehead atoms. The van der Waals surface area contributed by atoms with E-state index in [1.165, 1.54) is 16.7 Å². The molecule has 82 valence electrons. The van der Waals surface area contributed by atoms with Crippen molar-refractivity contribution in [3.05, 3.63) is 58.6 Å². The third-order valence-electron chi connectivity index (χ3n) is 2.61. The van der Waals surface area contributed by atoms with Gasteiger partial charge in [-0.1, -0.05) is 35.9 Å². The molecule has 2 aromatic carbocycles. The van der Waals surface area contributed by atoms with Crippen LogP contribution in [0, 0.1) is 6.92 Å². The zero-order valence-electron chi connectivity index (χ0n) is 9.00. The second-order valence-corrected chi connectivity index (χ2v) is 4.49. The fourth-order valence-corrected chi connectivity index (χ4v) is 1.98. The van der Waals surface area contributed by atoms with Crippen molar-refractivity contribution in [2.24, 2.45) is 0 Å². The van der Waals surface area contributed by atoms with Crippen molar-refractivity contribution < 1.29 is 0 Å². The molecule has 0 unspecified atom stereocenters. The van der Waals surface area contributed by atoms with Gasteiger partial charge in [-0.2, -0.15) is 0 Å². The van der Waals surface area contributed by atoms with Gasteiger partial charge in [0, 0.05) is 10.9 Å². The third kappa shape index (κ3) is 2.40. The number of benzene rings is 2. The summed E-state index contributed by atoms with van der Waals surface area (Å²) in [5, 5.41) is 0.759. The average Bonchev–Trinajstić information content (AvgIpc) is 2.31. The first kappa shape index (κ1) is 11.5. The lowest BCUT2D eigenvalue weighted by Gasteiger charge is -2.08. The second-order valence-electron chi connectivity index (χ2n) is 3.79. The minimum absolute atomic E-state index is 0.543. The summed E-state index contributed by atoms with van der Waals surface area (Å²) >= 11 is 11.7. The van der Waals surface area contributed by atoms with Crippen LogP contribution in [0.5, 0.6) is 0 Å². The van der Waals surface area contributed by atoms with E-state index in [1.54, 1.807) is 0 Å². The van der Waals surface area contributed by atoms with E-state index in [0.29, 0.717) is 5.88 Å². The highest BCUT2D eigenvalue weighted by atomic mass is 35.5. The molecule has 0 aliphatic heterocycles. The molecule has 0 atom stereocenters.